The van der Waals surface area contributed by atoms with E-state index in [1.165, 1.54) is 33.2 Å². The molecular weight excluding hydrogens is 699 g/mol. The summed E-state index contributed by atoms with van der Waals surface area (Å²) in [5.74, 6) is 2.57. The van der Waals surface area contributed by atoms with Crippen molar-refractivity contribution in [3.05, 3.63) is 119 Å². The zero-order valence-corrected chi connectivity index (χ0v) is 36.5. The second-order valence-corrected chi connectivity index (χ2v) is 20.6. The molecule has 0 unspecified atom stereocenters. The van der Waals surface area contributed by atoms with Crippen molar-refractivity contribution in [1.29, 1.82) is 0 Å². The van der Waals surface area contributed by atoms with Crippen LogP contribution in [0.4, 0.5) is 0 Å². The van der Waals surface area contributed by atoms with Crippen LogP contribution in [-0.2, 0) is 21.0 Å². The Morgan fingerprint density at radius 2 is 1.42 bits per heavy atom. The van der Waals surface area contributed by atoms with E-state index in [2.05, 4.69) is 173 Å². The fourth-order valence-electron chi connectivity index (χ4n) is 9.06. The summed E-state index contributed by atoms with van der Waals surface area (Å²) in [4.78, 5) is 10.3. The van der Waals surface area contributed by atoms with Crippen molar-refractivity contribution in [2.45, 2.75) is 143 Å². The van der Waals surface area contributed by atoms with E-state index >= 15 is 0 Å². The summed E-state index contributed by atoms with van der Waals surface area (Å²) < 4.78 is 16.3. The third-order valence-corrected chi connectivity index (χ3v) is 12.7. The molecule has 0 N–H and O–H groups in total. The minimum Gasteiger partial charge on any atom is -0.469 e. The van der Waals surface area contributed by atoms with Gasteiger partial charge in [-0.1, -0.05) is 100 Å². The Hall–Kier alpha value is -4.90. The molecule has 8 rings (SSSR count). The van der Waals surface area contributed by atoms with Crippen LogP contribution in [0.2, 0.25) is 0 Å². The van der Waals surface area contributed by atoms with Crippen molar-refractivity contribution in [3.63, 3.8) is 0 Å². The van der Waals surface area contributed by atoms with Crippen molar-refractivity contribution in [3.8, 4) is 28.3 Å². The Morgan fingerprint density at radius 3 is 2.11 bits per heavy atom. The maximum atomic E-state index is 7.13. The van der Waals surface area contributed by atoms with Crippen LogP contribution in [0, 0.1) is 0 Å². The van der Waals surface area contributed by atoms with Gasteiger partial charge in [0, 0.05) is 28.6 Å². The average Bonchev–Trinajstić information content (AvgIpc) is 3.71. The maximum absolute atomic E-state index is 7.13. The van der Waals surface area contributed by atoms with Gasteiger partial charge in [-0.15, -0.1) is 0 Å². The van der Waals surface area contributed by atoms with Crippen molar-refractivity contribution in [2.75, 3.05) is 0 Å². The van der Waals surface area contributed by atoms with E-state index in [1.54, 1.807) is 0 Å². The Morgan fingerprint density at radius 1 is 0.702 bits per heavy atom. The van der Waals surface area contributed by atoms with Gasteiger partial charge in [-0.3, -0.25) is 4.57 Å². The summed E-state index contributed by atoms with van der Waals surface area (Å²) in [6.45, 7) is 29.6. The largest absolute Gasteiger partial charge is 0.469 e. The van der Waals surface area contributed by atoms with Crippen molar-refractivity contribution in [2.24, 2.45) is 4.99 Å². The lowest BCUT2D eigenvalue weighted by molar-refractivity contribution is 0.0580. The van der Waals surface area contributed by atoms with Crippen molar-refractivity contribution in [1.82, 2.24) is 9.55 Å². The number of nitrogens with zero attached hydrogens (tertiary/aromatic N) is 3. The number of fused-ring (bicyclic) bond motifs is 4. The topological polar surface area (TPSA) is 48.6 Å². The zero-order valence-electron chi connectivity index (χ0n) is 36.5. The Kier molecular flexibility index (Phi) is 9.11. The molecule has 0 spiro atoms. The molecule has 2 aliphatic rings. The lowest BCUT2D eigenvalue weighted by Crippen LogP contribution is -2.41. The number of aromatic nitrogens is 2. The minimum absolute atomic E-state index is 0.0258. The predicted molar refractivity (Wildman–Crippen MR) is 239 cm³/mol. The number of hydrogen-bond donors (Lipinski definition) is 0. The van der Waals surface area contributed by atoms with Gasteiger partial charge >= 0.3 is 0 Å². The average molecular weight is 760 g/mol. The molecule has 1 saturated carbocycles. The van der Waals surface area contributed by atoms with Crippen molar-refractivity contribution >= 4 is 27.8 Å². The highest BCUT2D eigenvalue weighted by Gasteiger charge is 2.55. The summed E-state index contributed by atoms with van der Waals surface area (Å²) in [6, 6.07) is 31.2. The SMILES string of the molecule is CC(C)c1cccc(C(C)(C)C)c1-c1cc(Oc2cc(-n3c4ccc(C(C)(C)C)cc4c4cccnc43)cc(C(C)(C)C)c2)cc(C2=N[C@]3(C)CCC[C@]3(C)O2)c1. The quantitative estimate of drug-likeness (QED) is 0.170. The van der Waals surface area contributed by atoms with Crippen LogP contribution in [0.3, 0.4) is 0 Å². The van der Waals surface area contributed by atoms with Gasteiger partial charge in [0.1, 0.15) is 28.3 Å². The van der Waals surface area contributed by atoms with Gasteiger partial charge in [0.15, 0.2) is 0 Å². The Bertz CT molecular complexity index is 2570. The fourth-order valence-corrected chi connectivity index (χ4v) is 9.06. The standard InChI is InChI=1S/C52H61N3O2/c1-32(2)40-17-14-19-43(50(9,10)11)45(40)33-25-34(47-54-51(12)22-16-23-52(51,13)57-47)27-38(26-33)56-39-29-36(49(6,7)8)28-37(31-39)55-44-21-20-35(48(3,4)5)30-42(44)41-18-15-24-53-46(41)55/h14-15,17-21,24-32H,16,22-23H2,1-13H3/t51-,52+/m1/s1. The molecule has 2 atom stereocenters. The molecule has 4 aromatic carbocycles. The number of pyridine rings is 1. The number of rotatable bonds is 6. The summed E-state index contributed by atoms with van der Waals surface area (Å²) in [5.41, 5.74) is 10.8. The molecule has 2 aromatic heterocycles. The van der Waals surface area contributed by atoms with Crippen LogP contribution >= 0.6 is 0 Å². The van der Waals surface area contributed by atoms with Crippen LogP contribution < -0.4 is 4.74 Å². The van der Waals surface area contributed by atoms with E-state index < -0.39 is 0 Å². The maximum Gasteiger partial charge on any atom is 0.217 e. The summed E-state index contributed by atoms with van der Waals surface area (Å²) in [5, 5.41) is 2.34. The van der Waals surface area contributed by atoms with Gasteiger partial charge in [-0.25, -0.2) is 9.98 Å². The van der Waals surface area contributed by atoms with E-state index in [9.17, 15) is 0 Å². The monoisotopic (exact) mass is 759 g/mol. The van der Waals surface area contributed by atoms with Crippen LogP contribution in [0.5, 0.6) is 11.5 Å². The highest BCUT2D eigenvalue weighted by molar-refractivity contribution is 6.08. The van der Waals surface area contributed by atoms with Gasteiger partial charge in [0.25, 0.3) is 0 Å². The van der Waals surface area contributed by atoms with Gasteiger partial charge in [0.05, 0.1) is 11.2 Å². The molecular formula is C52H61N3O2. The van der Waals surface area contributed by atoms with Gasteiger partial charge in [-0.2, -0.15) is 0 Å². The third-order valence-electron chi connectivity index (χ3n) is 12.7. The number of ether oxygens (including phenoxy) is 2. The molecule has 1 fully saturated rings. The van der Waals surface area contributed by atoms with Gasteiger partial charge < -0.3 is 9.47 Å². The van der Waals surface area contributed by atoms with Crippen LogP contribution in [-0.4, -0.2) is 26.6 Å². The molecule has 1 aliphatic carbocycles. The van der Waals surface area contributed by atoms with Crippen molar-refractivity contribution < 1.29 is 9.47 Å². The Labute approximate surface area is 340 Å². The van der Waals surface area contributed by atoms with E-state index in [1.807, 2.05) is 12.3 Å². The van der Waals surface area contributed by atoms with Crippen LogP contribution in [0.15, 0.2) is 96.1 Å². The molecule has 0 saturated heterocycles. The molecule has 0 radical (unpaired) electrons. The summed E-state index contributed by atoms with van der Waals surface area (Å²) in [6.07, 6.45) is 5.05. The fraction of sp³-hybridized carbons (Fsp3) is 0.423. The molecule has 3 heterocycles. The van der Waals surface area contributed by atoms with E-state index in [0.29, 0.717) is 11.8 Å². The first kappa shape index (κ1) is 38.9. The molecule has 1 aliphatic heterocycles. The Balaban J connectivity index is 1.33. The third kappa shape index (κ3) is 6.85. The highest BCUT2D eigenvalue weighted by atomic mass is 16.5. The van der Waals surface area contributed by atoms with Crippen LogP contribution in [0.25, 0.3) is 38.8 Å². The number of benzene rings is 4. The lowest BCUT2D eigenvalue weighted by Gasteiger charge is -2.30. The second kappa shape index (κ2) is 13.3. The highest BCUT2D eigenvalue weighted by Crippen LogP contribution is 2.50. The molecule has 0 amide bonds. The minimum atomic E-state index is -0.314. The first-order valence-electron chi connectivity index (χ1n) is 21.0. The molecule has 5 heteroatoms. The van der Waals surface area contributed by atoms with E-state index in [4.69, 9.17) is 19.5 Å². The molecule has 0 bridgehead atoms. The zero-order chi connectivity index (χ0) is 40.9. The van der Waals surface area contributed by atoms with E-state index in [-0.39, 0.29) is 27.4 Å². The predicted octanol–water partition coefficient (Wildman–Crippen LogP) is 14.1. The first-order valence-corrected chi connectivity index (χ1v) is 21.0. The van der Waals surface area contributed by atoms with Gasteiger partial charge in [-0.05, 0) is 143 Å². The smallest absolute Gasteiger partial charge is 0.217 e. The summed E-state index contributed by atoms with van der Waals surface area (Å²) in [7, 11) is 0. The molecule has 296 valence electrons. The van der Waals surface area contributed by atoms with E-state index in [0.717, 1.165) is 64.1 Å². The lowest BCUT2D eigenvalue weighted by atomic mass is 9.78. The summed E-state index contributed by atoms with van der Waals surface area (Å²) >= 11 is 0. The number of aliphatic imine (C=N–C) groups is 1. The molecule has 57 heavy (non-hydrogen) atoms. The molecule has 6 aromatic rings. The normalized spacial score (nSPS) is 20.0. The number of hydrogen-bond acceptors (Lipinski definition) is 4. The second-order valence-electron chi connectivity index (χ2n) is 20.6. The first-order chi connectivity index (χ1) is 26.6. The molecule has 5 nitrogen and oxygen atoms in total. The van der Waals surface area contributed by atoms with Gasteiger partial charge in [0.2, 0.25) is 5.90 Å². The van der Waals surface area contributed by atoms with Crippen LogP contribution in [0.1, 0.15) is 143 Å².